The van der Waals surface area contributed by atoms with E-state index in [1.54, 1.807) is 0 Å². The number of benzene rings is 1. The highest BCUT2D eigenvalue weighted by atomic mass is 16.6. The van der Waals surface area contributed by atoms with E-state index in [-0.39, 0.29) is 5.69 Å². The van der Waals surface area contributed by atoms with Gasteiger partial charge in [-0.2, -0.15) is 0 Å². The molecule has 0 heterocycles. The summed E-state index contributed by atoms with van der Waals surface area (Å²) in [5, 5.41) is 16.7. The third-order valence-corrected chi connectivity index (χ3v) is 1.80. The lowest BCUT2D eigenvalue weighted by atomic mass is 10.2. The average molecular weight is 208 g/mol. The fourth-order valence-electron chi connectivity index (χ4n) is 1.23. The minimum Gasteiger partial charge on any atom is -0.385 e. The fourth-order valence-corrected chi connectivity index (χ4v) is 1.23. The SMILES string of the molecule is CCNc1[c]c(NCC)cc([N+](=O)[O-])c1. The molecule has 0 aliphatic heterocycles. The van der Waals surface area contributed by atoms with Crippen molar-refractivity contribution in [2.75, 3.05) is 23.7 Å². The van der Waals surface area contributed by atoms with Crippen LogP contribution in [0, 0.1) is 16.2 Å². The van der Waals surface area contributed by atoms with Gasteiger partial charge in [0.15, 0.2) is 0 Å². The van der Waals surface area contributed by atoms with Crippen molar-refractivity contribution in [1.29, 1.82) is 0 Å². The number of anilines is 2. The molecule has 2 N–H and O–H groups in total. The molecule has 1 aromatic carbocycles. The van der Waals surface area contributed by atoms with Gasteiger partial charge in [-0.3, -0.25) is 10.1 Å². The number of hydrogen-bond acceptors (Lipinski definition) is 4. The van der Waals surface area contributed by atoms with Crippen molar-refractivity contribution in [1.82, 2.24) is 0 Å². The van der Waals surface area contributed by atoms with Crippen molar-refractivity contribution < 1.29 is 4.92 Å². The Morgan fingerprint density at radius 2 is 1.73 bits per heavy atom. The van der Waals surface area contributed by atoms with Crippen LogP contribution in [0.25, 0.3) is 0 Å². The molecular formula is C10H14N3O2. The molecule has 5 nitrogen and oxygen atoms in total. The van der Waals surface area contributed by atoms with Gasteiger partial charge < -0.3 is 10.6 Å². The van der Waals surface area contributed by atoms with Crippen molar-refractivity contribution in [3.63, 3.8) is 0 Å². The van der Waals surface area contributed by atoms with E-state index in [1.807, 2.05) is 13.8 Å². The molecule has 0 aliphatic carbocycles. The van der Waals surface area contributed by atoms with Crippen molar-refractivity contribution in [3.05, 3.63) is 28.3 Å². The third-order valence-electron chi connectivity index (χ3n) is 1.80. The van der Waals surface area contributed by atoms with Gasteiger partial charge >= 0.3 is 0 Å². The summed E-state index contributed by atoms with van der Waals surface area (Å²) in [4.78, 5) is 10.2. The molecule has 1 aromatic rings. The second-order valence-corrected chi connectivity index (χ2v) is 2.98. The maximum absolute atomic E-state index is 10.6. The van der Waals surface area contributed by atoms with Crippen LogP contribution in [0.15, 0.2) is 12.1 Å². The molecule has 0 aromatic heterocycles. The third kappa shape index (κ3) is 3.12. The smallest absolute Gasteiger partial charge is 0.273 e. The van der Waals surface area contributed by atoms with Gasteiger partial charge in [-0.05, 0) is 13.8 Å². The second kappa shape index (κ2) is 5.19. The van der Waals surface area contributed by atoms with Gasteiger partial charge in [0.25, 0.3) is 5.69 Å². The first-order valence-corrected chi connectivity index (χ1v) is 4.86. The standard InChI is InChI=1S/C10H14N3O2/c1-3-11-8-5-9(12-4-2)7-10(6-8)13(14)15/h6-7,11-12H,3-4H2,1-2H3. The minimum absolute atomic E-state index is 0.0700. The molecule has 0 saturated carbocycles. The highest BCUT2D eigenvalue weighted by Crippen LogP contribution is 2.23. The number of nitrogens with zero attached hydrogens (tertiary/aromatic N) is 1. The highest BCUT2D eigenvalue weighted by Gasteiger charge is 2.09. The Bertz CT molecular complexity index is 328. The number of non-ortho nitro benzene ring substituents is 1. The van der Waals surface area contributed by atoms with Crippen LogP contribution in [0.4, 0.5) is 17.1 Å². The lowest BCUT2D eigenvalue weighted by molar-refractivity contribution is -0.384. The van der Waals surface area contributed by atoms with Gasteiger partial charge in [0, 0.05) is 31.3 Å². The molecule has 81 valence electrons. The summed E-state index contributed by atoms with van der Waals surface area (Å²) < 4.78 is 0. The zero-order valence-corrected chi connectivity index (χ0v) is 8.83. The van der Waals surface area contributed by atoms with E-state index >= 15 is 0 Å². The van der Waals surface area contributed by atoms with Gasteiger partial charge in [0.2, 0.25) is 0 Å². The second-order valence-electron chi connectivity index (χ2n) is 2.98. The summed E-state index contributed by atoms with van der Waals surface area (Å²) in [5.41, 5.74) is 1.35. The molecule has 0 bridgehead atoms. The van der Waals surface area contributed by atoms with Crippen molar-refractivity contribution >= 4 is 17.1 Å². The molecule has 1 rings (SSSR count). The maximum Gasteiger partial charge on any atom is 0.273 e. The van der Waals surface area contributed by atoms with Gasteiger partial charge in [-0.1, -0.05) is 0 Å². The fraction of sp³-hybridized carbons (Fsp3) is 0.400. The van der Waals surface area contributed by atoms with E-state index < -0.39 is 4.92 Å². The van der Waals surface area contributed by atoms with Crippen molar-refractivity contribution in [2.45, 2.75) is 13.8 Å². The zero-order valence-electron chi connectivity index (χ0n) is 8.83. The summed E-state index contributed by atoms with van der Waals surface area (Å²) in [6, 6.07) is 5.97. The predicted molar refractivity (Wildman–Crippen MR) is 60.3 cm³/mol. The number of nitro benzene ring substituents is 1. The van der Waals surface area contributed by atoms with Crippen LogP contribution >= 0.6 is 0 Å². The predicted octanol–water partition coefficient (Wildman–Crippen LogP) is 2.26. The minimum atomic E-state index is -0.407. The van der Waals surface area contributed by atoms with Crippen LogP contribution in [-0.4, -0.2) is 18.0 Å². The normalized spacial score (nSPS) is 9.73. The Hall–Kier alpha value is -1.78. The zero-order chi connectivity index (χ0) is 11.3. The monoisotopic (exact) mass is 208 g/mol. The van der Waals surface area contributed by atoms with E-state index in [0.29, 0.717) is 24.5 Å². The molecule has 0 unspecified atom stereocenters. The van der Waals surface area contributed by atoms with Crippen LogP contribution in [-0.2, 0) is 0 Å². The topological polar surface area (TPSA) is 67.2 Å². The summed E-state index contributed by atoms with van der Waals surface area (Å²) in [7, 11) is 0. The molecule has 0 atom stereocenters. The van der Waals surface area contributed by atoms with E-state index in [4.69, 9.17) is 0 Å². The van der Waals surface area contributed by atoms with Gasteiger partial charge in [0.1, 0.15) is 0 Å². The quantitative estimate of drug-likeness (QED) is 0.575. The number of nitrogens with one attached hydrogen (secondary N) is 2. The summed E-state index contributed by atoms with van der Waals surface area (Å²) in [6.45, 7) is 5.28. The van der Waals surface area contributed by atoms with E-state index in [1.165, 1.54) is 12.1 Å². The number of nitro groups is 1. The molecule has 0 fully saturated rings. The van der Waals surface area contributed by atoms with Crippen LogP contribution in [0.1, 0.15) is 13.8 Å². The molecule has 0 amide bonds. The highest BCUT2D eigenvalue weighted by molar-refractivity contribution is 5.62. The lowest BCUT2D eigenvalue weighted by Crippen LogP contribution is -2.02. The summed E-state index contributed by atoms with van der Waals surface area (Å²) in [5.74, 6) is 0. The lowest BCUT2D eigenvalue weighted by Gasteiger charge is -2.07. The maximum atomic E-state index is 10.6. The Balaban J connectivity index is 3.02. The Morgan fingerprint density at radius 1 is 1.27 bits per heavy atom. The first-order valence-electron chi connectivity index (χ1n) is 4.86. The number of hydrogen-bond donors (Lipinski definition) is 2. The Morgan fingerprint density at radius 3 is 2.07 bits per heavy atom. The molecule has 15 heavy (non-hydrogen) atoms. The first-order chi connectivity index (χ1) is 7.17. The van der Waals surface area contributed by atoms with Crippen molar-refractivity contribution in [3.8, 4) is 0 Å². The molecule has 5 heteroatoms. The molecular weight excluding hydrogens is 194 g/mol. The van der Waals surface area contributed by atoms with Crippen LogP contribution in [0.3, 0.4) is 0 Å². The van der Waals surface area contributed by atoms with Gasteiger partial charge in [0.05, 0.1) is 16.3 Å². The molecule has 0 spiro atoms. The van der Waals surface area contributed by atoms with E-state index in [0.717, 1.165) is 0 Å². The van der Waals surface area contributed by atoms with Crippen LogP contribution in [0.5, 0.6) is 0 Å². The van der Waals surface area contributed by atoms with Gasteiger partial charge in [-0.25, -0.2) is 0 Å². The molecule has 0 saturated heterocycles. The van der Waals surface area contributed by atoms with E-state index in [9.17, 15) is 10.1 Å². The Kier molecular flexibility index (Phi) is 3.91. The molecule has 1 radical (unpaired) electrons. The largest absolute Gasteiger partial charge is 0.385 e. The van der Waals surface area contributed by atoms with E-state index in [2.05, 4.69) is 16.7 Å². The Labute approximate surface area is 88.6 Å². The molecule has 0 aliphatic rings. The van der Waals surface area contributed by atoms with Crippen molar-refractivity contribution in [2.24, 2.45) is 0 Å². The first kappa shape index (κ1) is 11.3. The average Bonchev–Trinajstić information content (AvgIpc) is 2.18. The van der Waals surface area contributed by atoms with Crippen LogP contribution in [0.2, 0.25) is 0 Å². The van der Waals surface area contributed by atoms with Crippen LogP contribution < -0.4 is 10.6 Å². The summed E-state index contributed by atoms with van der Waals surface area (Å²) >= 11 is 0. The number of rotatable bonds is 5. The van der Waals surface area contributed by atoms with Gasteiger partial charge in [-0.15, -0.1) is 0 Å². The summed E-state index contributed by atoms with van der Waals surface area (Å²) in [6.07, 6.45) is 0.